The van der Waals surface area contributed by atoms with E-state index in [9.17, 15) is 14.0 Å². The van der Waals surface area contributed by atoms with E-state index in [1.54, 1.807) is 35.4 Å². The second-order valence-corrected chi connectivity index (χ2v) is 8.98. The van der Waals surface area contributed by atoms with Gasteiger partial charge in [0.05, 0.1) is 25.1 Å². The summed E-state index contributed by atoms with van der Waals surface area (Å²) in [6.07, 6.45) is 0. The summed E-state index contributed by atoms with van der Waals surface area (Å²) < 4.78 is 22.3. The molecule has 0 fully saturated rings. The van der Waals surface area contributed by atoms with E-state index >= 15 is 0 Å². The van der Waals surface area contributed by atoms with E-state index in [1.807, 2.05) is 38.1 Å². The minimum atomic E-state index is -0.390. The molecule has 0 unspecified atom stereocenters. The van der Waals surface area contributed by atoms with E-state index < -0.39 is 0 Å². The van der Waals surface area contributed by atoms with Gasteiger partial charge in [-0.25, -0.2) is 9.37 Å². The molecule has 0 aliphatic rings. The molecule has 1 amide bonds. The van der Waals surface area contributed by atoms with Crippen molar-refractivity contribution in [2.24, 2.45) is 0 Å². The molecule has 0 aliphatic heterocycles. The number of hydrogen-bond acceptors (Lipinski definition) is 6. The Bertz CT molecular complexity index is 1450. The molecule has 4 aromatic rings. The number of rotatable bonds is 8. The number of carbonyl (C=O) groups excluding carboxylic acids is 1. The summed E-state index contributed by atoms with van der Waals surface area (Å²) in [5.41, 5.74) is 3.13. The van der Waals surface area contributed by atoms with Crippen molar-refractivity contribution in [3.05, 3.63) is 75.5 Å². The Morgan fingerprint density at radius 1 is 1.17 bits per heavy atom. The Balaban J connectivity index is 1.65. The van der Waals surface area contributed by atoms with Crippen LogP contribution in [0.5, 0.6) is 5.75 Å². The van der Waals surface area contributed by atoms with Crippen LogP contribution in [0.15, 0.2) is 52.4 Å². The Hall–Kier alpha value is -3.66. The van der Waals surface area contributed by atoms with E-state index in [4.69, 9.17) is 9.72 Å². The molecule has 0 aliphatic carbocycles. The highest BCUT2D eigenvalue weighted by Crippen LogP contribution is 2.22. The fourth-order valence-corrected chi connectivity index (χ4v) is 4.47. The number of thioether (sulfide) groups is 1. The maximum Gasteiger partial charge on any atom is 0.280 e. The fraction of sp³-hybridized carbons (Fsp3) is 0.280. The normalized spacial score (nSPS) is 11.1. The van der Waals surface area contributed by atoms with Gasteiger partial charge in [-0.1, -0.05) is 30.0 Å². The number of hydrogen-bond donors (Lipinski definition) is 1. The quantitative estimate of drug-likeness (QED) is 0.292. The molecule has 182 valence electrons. The molecule has 2 heterocycles. The molecule has 35 heavy (non-hydrogen) atoms. The third-order valence-corrected chi connectivity index (χ3v) is 6.55. The van der Waals surface area contributed by atoms with Gasteiger partial charge in [0, 0.05) is 12.2 Å². The first-order valence-corrected chi connectivity index (χ1v) is 12.1. The number of methoxy groups -OCH3 is 1. The molecule has 8 nitrogen and oxygen atoms in total. The maximum absolute atomic E-state index is 13.8. The number of aromatic nitrogens is 4. The molecule has 0 bridgehead atoms. The molecule has 0 spiro atoms. The van der Waals surface area contributed by atoms with Crippen LogP contribution < -0.4 is 15.6 Å². The SMILES string of the molecule is CCn1nc(C)c2nc(SCC(=O)Nc3ccc(C)c(F)c3)n(Cc3ccc(OC)cc3)c(=O)c21. The zero-order chi connectivity index (χ0) is 25.1. The third kappa shape index (κ3) is 5.22. The van der Waals surface area contributed by atoms with Crippen molar-refractivity contribution in [3.8, 4) is 5.75 Å². The first-order valence-electron chi connectivity index (χ1n) is 11.1. The van der Waals surface area contributed by atoms with Crippen molar-refractivity contribution < 1.29 is 13.9 Å². The van der Waals surface area contributed by atoms with Gasteiger partial charge in [0.2, 0.25) is 5.91 Å². The molecule has 2 aromatic heterocycles. The molecule has 1 N–H and O–H groups in total. The molecule has 2 aromatic carbocycles. The van der Waals surface area contributed by atoms with Crippen LogP contribution in [0.1, 0.15) is 23.7 Å². The first kappa shape index (κ1) is 24.5. The summed E-state index contributed by atoms with van der Waals surface area (Å²) in [6.45, 7) is 6.18. The summed E-state index contributed by atoms with van der Waals surface area (Å²) in [4.78, 5) is 30.9. The van der Waals surface area contributed by atoms with Gasteiger partial charge < -0.3 is 10.1 Å². The van der Waals surface area contributed by atoms with Gasteiger partial charge >= 0.3 is 0 Å². The lowest BCUT2D eigenvalue weighted by molar-refractivity contribution is -0.113. The summed E-state index contributed by atoms with van der Waals surface area (Å²) >= 11 is 1.15. The summed E-state index contributed by atoms with van der Waals surface area (Å²) in [7, 11) is 1.59. The van der Waals surface area contributed by atoms with E-state index in [1.165, 1.54) is 6.07 Å². The van der Waals surface area contributed by atoms with Crippen LogP contribution in [0, 0.1) is 19.7 Å². The van der Waals surface area contributed by atoms with Crippen LogP contribution in [-0.2, 0) is 17.9 Å². The van der Waals surface area contributed by atoms with E-state index in [-0.39, 0.29) is 29.6 Å². The average molecular weight is 496 g/mol. The molecule has 0 saturated heterocycles. The number of halogens is 1. The zero-order valence-corrected chi connectivity index (χ0v) is 20.8. The predicted octanol–water partition coefficient (Wildman–Crippen LogP) is 4.16. The Morgan fingerprint density at radius 2 is 1.91 bits per heavy atom. The van der Waals surface area contributed by atoms with E-state index in [2.05, 4.69) is 10.4 Å². The largest absolute Gasteiger partial charge is 0.497 e. The van der Waals surface area contributed by atoms with Crippen molar-refractivity contribution in [2.45, 2.75) is 39.0 Å². The summed E-state index contributed by atoms with van der Waals surface area (Å²) in [6, 6.07) is 11.9. The van der Waals surface area contributed by atoms with Crippen molar-refractivity contribution >= 4 is 34.4 Å². The molecule has 10 heteroatoms. The van der Waals surface area contributed by atoms with Gasteiger partial charge in [-0.2, -0.15) is 5.10 Å². The lowest BCUT2D eigenvalue weighted by Gasteiger charge is -2.13. The van der Waals surface area contributed by atoms with Crippen molar-refractivity contribution in [1.29, 1.82) is 0 Å². The molecular weight excluding hydrogens is 469 g/mol. The molecular formula is C25H26FN5O3S. The van der Waals surface area contributed by atoms with Crippen molar-refractivity contribution in [3.63, 3.8) is 0 Å². The van der Waals surface area contributed by atoms with Gasteiger partial charge in [-0.3, -0.25) is 18.8 Å². The van der Waals surface area contributed by atoms with Crippen LogP contribution in [-0.4, -0.2) is 38.1 Å². The molecule has 0 saturated carbocycles. The lowest BCUT2D eigenvalue weighted by Crippen LogP contribution is -2.26. The second-order valence-electron chi connectivity index (χ2n) is 8.03. The molecule has 0 atom stereocenters. The first-order chi connectivity index (χ1) is 16.8. The summed E-state index contributed by atoms with van der Waals surface area (Å²) in [5.74, 6) is -0.00569. The Morgan fingerprint density at radius 3 is 2.57 bits per heavy atom. The number of anilines is 1. The number of ether oxygens (including phenoxy) is 1. The molecule has 0 radical (unpaired) electrons. The van der Waals surface area contributed by atoms with Crippen LogP contribution in [0.25, 0.3) is 11.0 Å². The minimum absolute atomic E-state index is 0.00296. The number of fused-ring (bicyclic) bond motifs is 1. The number of aryl methyl sites for hydroxylation is 3. The number of nitrogens with one attached hydrogen (secondary N) is 1. The molecule has 4 rings (SSSR count). The smallest absolute Gasteiger partial charge is 0.280 e. The topological polar surface area (TPSA) is 91.0 Å². The predicted molar refractivity (Wildman–Crippen MR) is 135 cm³/mol. The van der Waals surface area contributed by atoms with Crippen LogP contribution in [0.3, 0.4) is 0 Å². The van der Waals surface area contributed by atoms with E-state index in [0.717, 1.165) is 17.3 Å². The van der Waals surface area contributed by atoms with Gasteiger partial charge in [-0.15, -0.1) is 0 Å². The lowest BCUT2D eigenvalue weighted by atomic mass is 10.2. The van der Waals surface area contributed by atoms with Crippen molar-refractivity contribution in [2.75, 3.05) is 18.2 Å². The van der Waals surface area contributed by atoms with Crippen molar-refractivity contribution in [1.82, 2.24) is 19.3 Å². The Labute approximate surface area is 206 Å². The number of benzene rings is 2. The highest BCUT2D eigenvalue weighted by Gasteiger charge is 2.19. The monoisotopic (exact) mass is 495 g/mol. The third-order valence-electron chi connectivity index (χ3n) is 5.57. The second kappa shape index (κ2) is 10.3. The number of carbonyl (C=O) groups is 1. The van der Waals surface area contributed by atoms with Gasteiger partial charge in [-0.05, 0) is 56.2 Å². The van der Waals surface area contributed by atoms with Gasteiger partial charge in [0.25, 0.3) is 5.56 Å². The van der Waals surface area contributed by atoms with Gasteiger partial charge in [0.1, 0.15) is 17.1 Å². The highest BCUT2D eigenvalue weighted by atomic mass is 32.2. The fourth-order valence-electron chi connectivity index (χ4n) is 3.68. The number of nitrogens with zero attached hydrogens (tertiary/aromatic N) is 4. The number of amides is 1. The van der Waals surface area contributed by atoms with Crippen LogP contribution in [0.4, 0.5) is 10.1 Å². The Kier molecular flexibility index (Phi) is 7.20. The zero-order valence-electron chi connectivity index (χ0n) is 20.0. The van der Waals surface area contributed by atoms with Crippen LogP contribution in [0.2, 0.25) is 0 Å². The minimum Gasteiger partial charge on any atom is -0.497 e. The van der Waals surface area contributed by atoms with Gasteiger partial charge in [0.15, 0.2) is 10.7 Å². The van der Waals surface area contributed by atoms with Crippen LogP contribution >= 0.6 is 11.8 Å². The van der Waals surface area contributed by atoms with E-state index in [0.29, 0.717) is 45.4 Å². The highest BCUT2D eigenvalue weighted by molar-refractivity contribution is 7.99. The average Bonchev–Trinajstić information content (AvgIpc) is 3.18. The standard InChI is InChI=1S/C25H26FN5O3S/c1-5-31-23-22(16(3)29-31)28-25(30(24(23)33)13-17-7-10-19(34-4)11-8-17)35-14-21(32)27-18-9-6-15(2)20(26)12-18/h6-12H,5,13-14H2,1-4H3,(H,27,32). The maximum atomic E-state index is 13.8. The summed E-state index contributed by atoms with van der Waals surface area (Å²) in [5, 5.41) is 7.55.